The molecule has 2 heterocycles. The number of hydrogen-bond acceptors (Lipinski definition) is 4. The Morgan fingerprint density at radius 3 is 3.05 bits per heavy atom. The number of methoxy groups -OCH3 is 1. The smallest absolute Gasteiger partial charge is 0.143 e. The Balaban J connectivity index is 1.97. The van der Waals surface area contributed by atoms with E-state index in [2.05, 4.69) is 45.7 Å². The third kappa shape index (κ3) is 3.52. The van der Waals surface area contributed by atoms with Gasteiger partial charge in [0.1, 0.15) is 12.0 Å². The van der Waals surface area contributed by atoms with E-state index in [1.54, 1.807) is 13.4 Å². The zero-order chi connectivity index (χ0) is 13.7. The summed E-state index contributed by atoms with van der Waals surface area (Å²) in [6.45, 7) is 5.07. The predicted molar refractivity (Wildman–Crippen MR) is 76.1 cm³/mol. The molecule has 0 saturated carbocycles. The van der Waals surface area contributed by atoms with Gasteiger partial charge in [0.05, 0.1) is 6.10 Å². The van der Waals surface area contributed by atoms with Crippen LogP contribution in [0.4, 0.5) is 0 Å². The van der Waals surface area contributed by atoms with Crippen LogP contribution in [0, 0.1) is 0 Å². The van der Waals surface area contributed by atoms with E-state index < -0.39 is 0 Å². The molecular formula is C14H22N4O. The van der Waals surface area contributed by atoms with E-state index in [1.807, 2.05) is 6.20 Å². The maximum absolute atomic E-state index is 5.55. The first-order chi connectivity index (χ1) is 9.24. The van der Waals surface area contributed by atoms with Crippen molar-refractivity contribution >= 4 is 11.0 Å². The van der Waals surface area contributed by atoms with E-state index in [9.17, 15) is 0 Å². The molecule has 0 amide bonds. The maximum Gasteiger partial charge on any atom is 0.143 e. The fraction of sp³-hybridized carbons (Fsp3) is 0.571. The third-order valence-corrected chi connectivity index (χ3v) is 3.51. The number of aromatic nitrogens is 3. The number of rotatable bonds is 7. The van der Waals surface area contributed by atoms with Gasteiger partial charge in [0.25, 0.3) is 0 Å². The van der Waals surface area contributed by atoms with Crippen LogP contribution in [0.2, 0.25) is 0 Å². The van der Waals surface area contributed by atoms with Gasteiger partial charge in [-0.15, -0.1) is 0 Å². The molecule has 0 saturated heterocycles. The van der Waals surface area contributed by atoms with Crippen molar-refractivity contribution in [1.29, 1.82) is 0 Å². The van der Waals surface area contributed by atoms with Crippen LogP contribution in [0.3, 0.4) is 0 Å². The molecule has 0 aliphatic carbocycles. The number of aryl methyl sites for hydroxylation is 1. The Kier molecular flexibility index (Phi) is 4.87. The molecule has 2 aromatic heterocycles. The van der Waals surface area contributed by atoms with Crippen LogP contribution in [0.25, 0.3) is 11.0 Å². The molecular weight excluding hydrogens is 240 g/mol. The van der Waals surface area contributed by atoms with E-state index in [4.69, 9.17) is 4.74 Å². The lowest BCUT2D eigenvalue weighted by atomic mass is 10.2. The Labute approximate surface area is 114 Å². The van der Waals surface area contributed by atoms with Crippen LogP contribution in [-0.2, 0) is 11.3 Å². The van der Waals surface area contributed by atoms with Crippen LogP contribution in [0.5, 0.6) is 0 Å². The van der Waals surface area contributed by atoms with E-state index in [1.165, 1.54) is 0 Å². The number of hydrogen-bond donors (Lipinski definition) is 0. The topological polar surface area (TPSA) is 43.2 Å². The highest BCUT2D eigenvalue weighted by molar-refractivity contribution is 5.74. The summed E-state index contributed by atoms with van der Waals surface area (Å²) in [5.41, 5.74) is 0.994. The van der Waals surface area contributed by atoms with Crippen LogP contribution < -0.4 is 0 Å². The SMILES string of the molecule is CCN(C)CC(CCn1ccc2cncnc21)OC. The van der Waals surface area contributed by atoms with Gasteiger partial charge in [0, 0.05) is 38.0 Å². The molecule has 0 aliphatic heterocycles. The lowest BCUT2D eigenvalue weighted by molar-refractivity contribution is 0.0638. The van der Waals surface area contributed by atoms with Crippen LogP contribution in [-0.4, -0.2) is 52.8 Å². The van der Waals surface area contributed by atoms with Crippen molar-refractivity contribution in [2.75, 3.05) is 27.2 Å². The average Bonchev–Trinajstić information content (AvgIpc) is 2.86. The molecule has 0 N–H and O–H groups in total. The highest BCUT2D eigenvalue weighted by Crippen LogP contribution is 2.12. The standard InChI is InChI=1S/C14H22N4O/c1-4-17(2)10-13(19-3)6-8-18-7-5-12-9-15-11-16-14(12)18/h5,7,9,11,13H,4,6,8,10H2,1-3H3. The van der Waals surface area contributed by atoms with Gasteiger partial charge >= 0.3 is 0 Å². The summed E-state index contributed by atoms with van der Waals surface area (Å²) in [4.78, 5) is 10.6. The summed E-state index contributed by atoms with van der Waals surface area (Å²) in [6, 6.07) is 2.05. The molecule has 0 aliphatic rings. The van der Waals surface area contributed by atoms with Gasteiger partial charge in [-0.25, -0.2) is 9.97 Å². The summed E-state index contributed by atoms with van der Waals surface area (Å²) < 4.78 is 7.71. The molecule has 2 aromatic rings. The lowest BCUT2D eigenvalue weighted by Gasteiger charge is -2.22. The Morgan fingerprint density at radius 2 is 2.32 bits per heavy atom. The zero-order valence-corrected chi connectivity index (χ0v) is 11.9. The molecule has 0 radical (unpaired) electrons. The fourth-order valence-corrected chi connectivity index (χ4v) is 2.16. The minimum atomic E-state index is 0.254. The highest BCUT2D eigenvalue weighted by atomic mass is 16.5. The van der Waals surface area contributed by atoms with E-state index in [0.717, 1.165) is 37.1 Å². The fourth-order valence-electron chi connectivity index (χ4n) is 2.16. The van der Waals surface area contributed by atoms with Crippen LogP contribution in [0.1, 0.15) is 13.3 Å². The van der Waals surface area contributed by atoms with E-state index in [0.29, 0.717) is 0 Å². The Hall–Kier alpha value is -1.46. The lowest BCUT2D eigenvalue weighted by Crippen LogP contribution is -2.31. The molecule has 104 valence electrons. The van der Waals surface area contributed by atoms with Gasteiger partial charge in [-0.05, 0) is 26.1 Å². The molecule has 1 atom stereocenters. The molecule has 0 spiro atoms. The molecule has 0 bridgehead atoms. The van der Waals surface area contributed by atoms with Crippen molar-refractivity contribution in [3.05, 3.63) is 24.8 Å². The molecule has 5 heteroatoms. The van der Waals surface area contributed by atoms with Crippen molar-refractivity contribution < 1.29 is 4.74 Å². The predicted octanol–water partition coefficient (Wildman–Crippen LogP) is 1.79. The number of likely N-dealkylation sites (N-methyl/N-ethyl adjacent to an activating group) is 1. The van der Waals surface area contributed by atoms with Gasteiger partial charge in [-0.2, -0.15) is 0 Å². The van der Waals surface area contributed by atoms with Gasteiger partial charge < -0.3 is 14.2 Å². The first-order valence-electron chi connectivity index (χ1n) is 6.70. The molecule has 19 heavy (non-hydrogen) atoms. The number of ether oxygens (including phenoxy) is 1. The Morgan fingerprint density at radius 1 is 1.47 bits per heavy atom. The normalized spacial score (nSPS) is 13.3. The average molecular weight is 262 g/mol. The summed E-state index contributed by atoms with van der Waals surface area (Å²) in [6.07, 6.45) is 6.74. The number of nitrogens with zero attached hydrogens (tertiary/aromatic N) is 4. The largest absolute Gasteiger partial charge is 0.380 e. The van der Waals surface area contributed by atoms with Crippen molar-refractivity contribution in [3.63, 3.8) is 0 Å². The molecule has 0 aromatic carbocycles. The Bertz CT molecular complexity index is 511. The van der Waals surface area contributed by atoms with Gasteiger partial charge in [0.15, 0.2) is 0 Å². The monoisotopic (exact) mass is 262 g/mol. The summed E-state index contributed by atoms with van der Waals surface area (Å²) >= 11 is 0. The molecule has 5 nitrogen and oxygen atoms in total. The van der Waals surface area contributed by atoms with E-state index >= 15 is 0 Å². The van der Waals surface area contributed by atoms with Gasteiger partial charge in [0.2, 0.25) is 0 Å². The maximum atomic E-state index is 5.55. The molecule has 1 unspecified atom stereocenters. The summed E-state index contributed by atoms with van der Waals surface area (Å²) in [5, 5.41) is 1.09. The van der Waals surface area contributed by atoms with Crippen molar-refractivity contribution in [2.24, 2.45) is 0 Å². The van der Waals surface area contributed by atoms with Gasteiger partial charge in [-0.3, -0.25) is 0 Å². The van der Waals surface area contributed by atoms with E-state index in [-0.39, 0.29) is 6.10 Å². The zero-order valence-electron chi connectivity index (χ0n) is 11.9. The molecule has 2 rings (SSSR count). The quantitative estimate of drug-likeness (QED) is 0.763. The van der Waals surface area contributed by atoms with Crippen molar-refractivity contribution in [3.8, 4) is 0 Å². The molecule has 0 fully saturated rings. The third-order valence-electron chi connectivity index (χ3n) is 3.51. The summed E-state index contributed by atoms with van der Waals surface area (Å²) in [5.74, 6) is 0. The minimum Gasteiger partial charge on any atom is -0.380 e. The van der Waals surface area contributed by atoms with Gasteiger partial charge in [-0.1, -0.05) is 6.92 Å². The van der Waals surface area contributed by atoms with Crippen LogP contribution in [0.15, 0.2) is 24.8 Å². The highest BCUT2D eigenvalue weighted by Gasteiger charge is 2.11. The first-order valence-corrected chi connectivity index (χ1v) is 6.70. The second-order valence-electron chi connectivity index (χ2n) is 4.81. The van der Waals surface area contributed by atoms with Crippen LogP contribution >= 0.6 is 0 Å². The van der Waals surface area contributed by atoms with Crippen molar-refractivity contribution in [2.45, 2.75) is 26.0 Å². The second-order valence-corrected chi connectivity index (χ2v) is 4.81. The second kappa shape index (κ2) is 6.63. The number of fused-ring (bicyclic) bond motifs is 1. The minimum absolute atomic E-state index is 0.254. The first kappa shape index (κ1) is 14.0. The summed E-state index contributed by atoms with van der Waals surface area (Å²) in [7, 11) is 3.90. The van der Waals surface area contributed by atoms with Crippen molar-refractivity contribution in [1.82, 2.24) is 19.4 Å².